The zero-order valence-corrected chi connectivity index (χ0v) is 28.2. The summed E-state index contributed by atoms with van der Waals surface area (Å²) in [5.74, 6) is -0.914. The Balaban J connectivity index is 0.000000124. The summed E-state index contributed by atoms with van der Waals surface area (Å²) in [6.45, 7) is 4.53. The van der Waals surface area contributed by atoms with Crippen molar-refractivity contribution in [3.63, 3.8) is 0 Å². The van der Waals surface area contributed by atoms with Gasteiger partial charge in [0.1, 0.15) is 42.8 Å². The fourth-order valence-electron chi connectivity index (χ4n) is 10.9. The molecule has 0 radical (unpaired) electrons. The predicted molar refractivity (Wildman–Crippen MR) is 179 cm³/mol. The fourth-order valence-corrected chi connectivity index (χ4v) is 10.9. The average Bonchev–Trinajstić information content (AvgIpc) is 4.07. The Morgan fingerprint density at radius 2 is 1.65 bits per heavy atom. The first-order chi connectivity index (χ1) is 24.6. The van der Waals surface area contributed by atoms with Crippen LogP contribution in [0.3, 0.4) is 0 Å². The second-order valence-corrected chi connectivity index (χ2v) is 15.4. The van der Waals surface area contributed by atoms with E-state index in [0.717, 1.165) is 35.4 Å². The summed E-state index contributed by atoms with van der Waals surface area (Å²) in [6, 6.07) is 16.3. The number of aliphatic hydroxyl groups excluding tert-OH is 2. The van der Waals surface area contributed by atoms with E-state index in [2.05, 4.69) is 35.1 Å². The summed E-state index contributed by atoms with van der Waals surface area (Å²) in [5, 5.41) is 23.1. The Morgan fingerprint density at radius 3 is 2.49 bits per heavy atom. The molecular formula is C39H37N3O9. The van der Waals surface area contributed by atoms with Gasteiger partial charge in [-0.05, 0) is 49.6 Å². The minimum Gasteiger partial charge on any atom is -0.498 e. The second-order valence-electron chi connectivity index (χ2n) is 15.4. The third-order valence-electron chi connectivity index (χ3n) is 13.1. The van der Waals surface area contributed by atoms with E-state index < -0.39 is 54.1 Å². The van der Waals surface area contributed by atoms with E-state index in [1.807, 2.05) is 49.1 Å². The summed E-state index contributed by atoms with van der Waals surface area (Å²) in [7, 11) is 2.07. The van der Waals surface area contributed by atoms with Gasteiger partial charge >= 0.3 is 0 Å². The Kier molecular flexibility index (Phi) is 5.92. The van der Waals surface area contributed by atoms with Crippen molar-refractivity contribution >= 4 is 34.1 Å². The van der Waals surface area contributed by atoms with Crippen LogP contribution in [-0.4, -0.2) is 106 Å². The minimum absolute atomic E-state index is 0.0476. The van der Waals surface area contributed by atoms with Crippen molar-refractivity contribution in [2.24, 2.45) is 17.3 Å². The van der Waals surface area contributed by atoms with Crippen LogP contribution < -0.4 is 4.90 Å². The summed E-state index contributed by atoms with van der Waals surface area (Å²) in [5.41, 5.74) is 5.73. The zero-order chi connectivity index (χ0) is 34.8. The highest BCUT2D eigenvalue weighted by atomic mass is 16.6. The van der Waals surface area contributed by atoms with Gasteiger partial charge in [0, 0.05) is 47.5 Å². The number of hydrogen-bond acceptors (Lipinski definition) is 10. The molecule has 13 atom stereocenters. The molecule has 2 bridgehead atoms. The number of Topliss-reactive ketones (excluding diaryl/α,β-unsaturated/α-hetero) is 2. The number of aromatic amines is 1. The number of hydrogen-bond donors (Lipinski definition) is 3. The molecular weight excluding hydrogens is 654 g/mol. The van der Waals surface area contributed by atoms with E-state index in [-0.39, 0.29) is 41.8 Å². The van der Waals surface area contributed by atoms with Crippen molar-refractivity contribution in [1.82, 2.24) is 9.88 Å². The van der Waals surface area contributed by atoms with E-state index in [1.165, 1.54) is 17.2 Å². The lowest BCUT2D eigenvalue weighted by Gasteiger charge is -2.63. The smallest absolute Gasteiger partial charge is 0.257 e. The molecule has 8 heterocycles. The number of ether oxygens (including phenoxy) is 4. The van der Waals surface area contributed by atoms with E-state index >= 15 is 0 Å². The maximum absolute atomic E-state index is 13.7. The Bertz CT molecular complexity index is 2170. The lowest BCUT2D eigenvalue weighted by Crippen LogP contribution is -2.72. The van der Waals surface area contributed by atoms with E-state index in [4.69, 9.17) is 18.9 Å². The van der Waals surface area contributed by atoms with Gasteiger partial charge in [-0.25, -0.2) is 0 Å². The molecule has 4 fully saturated rings. The van der Waals surface area contributed by atoms with Crippen LogP contribution in [0.4, 0.5) is 5.69 Å². The van der Waals surface area contributed by atoms with Crippen LogP contribution in [0.5, 0.6) is 0 Å². The molecule has 12 heteroatoms. The maximum atomic E-state index is 13.7. The van der Waals surface area contributed by atoms with Gasteiger partial charge in [0.15, 0.2) is 11.6 Å². The van der Waals surface area contributed by atoms with Gasteiger partial charge in [-0.3, -0.25) is 14.4 Å². The number of aromatic nitrogens is 1. The van der Waals surface area contributed by atoms with Crippen LogP contribution in [0.15, 0.2) is 71.5 Å². The van der Waals surface area contributed by atoms with Crippen LogP contribution in [0.2, 0.25) is 0 Å². The molecule has 1 spiro atoms. The van der Waals surface area contributed by atoms with Crippen LogP contribution >= 0.6 is 0 Å². The Hall–Kier alpha value is -4.33. The number of carbonyl (C=O) groups excluding carboxylic acids is 3. The lowest BCUT2D eigenvalue weighted by atomic mass is 9.45. The normalized spacial score (nSPS) is 41.7. The molecule has 3 aliphatic carbocycles. The topological polar surface area (TPSA) is 157 Å². The number of aliphatic hydroxyl groups is 2. The first-order valence-electron chi connectivity index (χ1n) is 17.9. The molecule has 2 aromatic carbocycles. The van der Waals surface area contributed by atoms with Gasteiger partial charge in [0.05, 0.1) is 46.9 Å². The maximum Gasteiger partial charge on any atom is 0.257 e. The summed E-state index contributed by atoms with van der Waals surface area (Å²) in [4.78, 5) is 47.4. The van der Waals surface area contributed by atoms with Crippen LogP contribution in [0, 0.1) is 17.3 Å². The quantitative estimate of drug-likeness (QED) is 0.299. The molecule has 262 valence electrons. The van der Waals surface area contributed by atoms with Gasteiger partial charge in [-0.1, -0.05) is 30.3 Å². The number of H-pyrrole nitrogens is 1. The highest BCUT2D eigenvalue weighted by Gasteiger charge is 2.79. The fraction of sp³-hybridized carbons (Fsp3) is 0.462. The molecule has 10 aliphatic rings. The van der Waals surface area contributed by atoms with E-state index in [0.29, 0.717) is 16.7 Å². The van der Waals surface area contributed by atoms with Gasteiger partial charge in [0.25, 0.3) is 5.91 Å². The molecule has 3 N–H and O–H groups in total. The van der Waals surface area contributed by atoms with Crippen molar-refractivity contribution in [3.05, 3.63) is 88.3 Å². The molecule has 1 saturated carbocycles. The van der Waals surface area contributed by atoms with Crippen molar-refractivity contribution < 1.29 is 43.5 Å². The number of benzene rings is 2. The SMILES string of the molecule is CN1c2ccccc2C(=O)N2CCc3c([nH]c4ccccc34)[C@H]21.C[C@@H]1OC=C2[C@H](O)C3O[C@H]3C(=O)[C@]23[C@H]1[C@H]1C2=C([C@H](O)C4O[C@H]4C2=O)[C@@H]3O[C@@H]1C. The number of nitrogens with one attached hydrogen (secondary N) is 1. The monoisotopic (exact) mass is 691 g/mol. The third kappa shape index (κ3) is 3.59. The standard InChI is InChI=1S/C20H20O8.C19H17N3O/c1-4-7-8-9(13(23)16-15(27-16)12(8)22)19(26-4)20-6(3-25-5(2)10(7)20)11(21)14-17(28-14)18(20)24;1-21-16-9-5-3-7-14(16)19(23)22-11-10-13-12-6-2-4-8-15(12)20-17(13)18(21)22/h3-5,7,10-11,13-17,19,21,23H,1-2H3;2-9,18,20H,10-11H2,1H3/t4-,5+,7-,10-,11+,13+,14?,15+,16?,17-,19+,20-;18-/m10/s1. The number of rotatable bonds is 0. The molecule has 3 aromatic rings. The molecule has 1 aromatic heterocycles. The van der Waals surface area contributed by atoms with Crippen LogP contribution in [-0.2, 0) is 35.0 Å². The number of amides is 1. The number of anilines is 1. The van der Waals surface area contributed by atoms with Crippen molar-refractivity contribution in [1.29, 1.82) is 0 Å². The van der Waals surface area contributed by atoms with Gasteiger partial charge in [0.2, 0.25) is 0 Å². The molecule has 3 saturated heterocycles. The summed E-state index contributed by atoms with van der Waals surface area (Å²) < 4.78 is 23.1. The third-order valence-corrected chi connectivity index (χ3v) is 13.1. The number of para-hydroxylation sites is 2. The van der Waals surface area contributed by atoms with Crippen LogP contribution in [0.25, 0.3) is 10.9 Å². The predicted octanol–water partition coefficient (Wildman–Crippen LogP) is 2.34. The highest BCUT2D eigenvalue weighted by molar-refractivity contribution is 6.06. The average molecular weight is 692 g/mol. The first-order valence-corrected chi connectivity index (χ1v) is 17.9. The number of carbonyl (C=O) groups is 3. The molecule has 12 nitrogen and oxygen atoms in total. The van der Waals surface area contributed by atoms with Gasteiger partial charge < -0.3 is 43.9 Å². The summed E-state index contributed by atoms with van der Waals surface area (Å²) >= 11 is 0. The number of nitrogens with zero attached hydrogens (tertiary/aromatic N) is 2. The second kappa shape index (κ2) is 9.96. The largest absolute Gasteiger partial charge is 0.498 e. The van der Waals surface area contributed by atoms with E-state index in [1.54, 1.807) is 0 Å². The highest BCUT2D eigenvalue weighted by Crippen LogP contribution is 2.67. The van der Waals surface area contributed by atoms with Crippen molar-refractivity contribution in [3.8, 4) is 0 Å². The zero-order valence-electron chi connectivity index (χ0n) is 28.2. The van der Waals surface area contributed by atoms with Gasteiger partial charge in [-0.15, -0.1) is 0 Å². The minimum atomic E-state index is -1.19. The Labute approximate surface area is 292 Å². The molecule has 7 aliphatic heterocycles. The number of ketones is 2. The van der Waals surface area contributed by atoms with Crippen LogP contribution in [0.1, 0.15) is 41.6 Å². The molecule has 51 heavy (non-hydrogen) atoms. The van der Waals surface area contributed by atoms with Gasteiger partial charge in [-0.2, -0.15) is 0 Å². The summed E-state index contributed by atoms with van der Waals surface area (Å²) in [6.07, 6.45) is -3.54. The lowest BCUT2D eigenvalue weighted by molar-refractivity contribution is -0.210. The van der Waals surface area contributed by atoms with Crippen molar-refractivity contribution in [2.45, 2.75) is 81.4 Å². The molecule has 13 rings (SSSR count). The number of epoxide rings is 2. The number of fused-ring (bicyclic) bond motifs is 9. The molecule has 2 unspecified atom stereocenters. The molecule has 1 amide bonds. The van der Waals surface area contributed by atoms with Crippen molar-refractivity contribution in [2.75, 3.05) is 18.5 Å². The Morgan fingerprint density at radius 1 is 0.902 bits per heavy atom. The van der Waals surface area contributed by atoms with E-state index in [9.17, 15) is 24.6 Å². The first kappa shape index (κ1) is 30.3.